The third-order valence-electron chi connectivity index (χ3n) is 5.85. The number of benzene rings is 2. The van der Waals surface area contributed by atoms with Crippen LogP contribution in [0.15, 0.2) is 30.3 Å². The zero-order valence-electron chi connectivity index (χ0n) is 16.6. The van der Waals surface area contributed by atoms with E-state index < -0.39 is 0 Å². The van der Waals surface area contributed by atoms with Crippen molar-refractivity contribution in [3.63, 3.8) is 0 Å². The summed E-state index contributed by atoms with van der Waals surface area (Å²) in [6.07, 6.45) is 4.26. The number of methoxy groups -OCH3 is 2. The van der Waals surface area contributed by atoms with Crippen LogP contribution in [0.3, 0.4) is 0 Å². The molecule has 0 saturated heterocycles. The molecular weight excluding hydrogens is 338 g/mol. The largest absolute Gasteiger partial charge is 0.497 e. The number of hydrogen-bond acceptors (Lipinski definition) is 4. The zero-order valence-corrected chi connectivity index (χ0v) is 16.6. The van der Waals surface area contributed by atoms with Crippen molar-refractivity contribution in [1.29, 1.82) is 0 Å². The summed E-state index contributed by atoms with van der Waals surface area (Å²) in [5.41, 5.74) is 5.60. The number of unbranched alkanes of at least 4 members (excludes halogenated alkanes) is 1. The van der Waals surface area contributed by atoms with E-state index in [2.05, 4.69) is 42.2 Å². The number of nitrogens with zero attached hydrogens (tertiary/aromatic N) is 1. The molecule has 2 aliphatic rings. The number of ether oxygens (including phenoxy) is 3. The maximum absolute atomic E-state index is 6.06. The first-order chi connectivity index (χ1) is 13.2. The van der Waals surface area contributed by atoms with Gasteiger partial charge in [-0.1, -0.05) is 19.4 Å². The number of fused-ring (bicyclic) bond motifs is 4. The summed E-state index contributed by atoms with van der Waals surface area (Å²) in [6, 6.07) is 11.3. The Morgan fingerprint density at radius 3 is 2.67 bits per heavy atom. The molecule has 2 aromatic carbocycles. The minimum atomic E-state index is 0.396. The SMILES string of the molecule is CCCCOc1cc2c(cc1OC)CCN1Cc3ccc(OC)cc3C[C@@H]21. The summed E-state index contributed by atoms with van der Waals surface area (Å²) in [7, 11) is 3.46. The highest BCUT2D eigenvalue weighted by Gasteiger charge is 2.33. The number of rotatable bonds is 6. The Bertz CT molecular complexity index is 818. The van der Waals surface area contributed by atoms with E-state index in [-0.39, 0.29) is 0 Å². The Hall–Kier alpha value is -2.20. The van der Waals surface area contributed by atoms with Crippen LogP contribution in [0, 0.1) is 0 Å². The second-order valence-electron chi connectivity index (χ2n) is 7.48. The topological polar surface area (TPSA) is 30.9 Å². The normalized spacial score (nSPS) is 18.3. The van der Waals surface area contributed by atoms with E-state index in [1.54, 1.807) is 14.2 Å². The molecule has 0 fully saturated rings. The summed E-state index contributed by atoms with van der Waals surface area (Å²) >= 11 is 0. The number of hydrogen-bond donors (Lipinski definition) is 0. The standard InChI is InChI=1S/C23H29NO3/c1-4-5-10-27-23-14-20-16(13-22(23)26-3)8-9-24-15-17-6-7-19(25-2)11-18(17)12-21(20)24/h6-7,11,13-14,21H,4-5,8-10,12,15H2,1-3H3/t21-/m0/s1. The van der Waals surface area contributed by atoms with Crippen molar-refractivity contribution in [2.75, 3.05) is 27.4 Å². The van der Waals surface area contributed by atoms with E-state index in [1.165, 1.54) is 22.3 Å². The van der Waals surface area contributed by atoms with Crippen LogP contribution in [0.25, 0.3) is 0 Å². The fraction of sp³-hybridized carbons (Fsp3) is 0.478. The Balaban J connectivity index is 1.67. The average Bonchev–Trinajstić information content (AvgIpc) is 2.71. The Morgan fingerprint density at radius 1 is 1.00 bits per heavy atom. The lowest BCUT2D eigenvalue weighted by Gasteiger charge is -2.41. The minimum Gasteiger partial charge on any atom is -0.497 e. The van der Waals surface area contributed by atoms with Gasteiger partial charge in [0, 0.05) is 19.1 Å². The Kier molecular flexibility index (Phi) is 5.26. The van der Waals surface area contributed by atoms with Gasteiger partial charge in [0.25, 0.3) is 0 Å². The first-order valence-electron chi connectivity index (χ1n) is 9.97. The third-order valence-corrected chi connectivity index (χ3v) is 5.85. The van der Waals surface area contributed by atoms with Gasteiger partial charge in [-0.05, 0) is 65.8 Å². The molecule has 2 heterocycles. The van der Waals surface area contributed by atoms with Gasteiger partial charge in [0.1, 0.15) is 5.75 Å². The molecule has 0 aliphatic carbocycles. The summed E-state index contributed by atoms with van der Waals surface area (Å²) in [5.74, 6) is 2.68. The maximum Gasteiger partial charge on any atom is 0.161 e. The van der Waals surface area contributed by atoms with Gasteiger partial charge in [-0.2, -0.15) is 0 Å². The molecule has 0 saturated carbocycles. The van der Waals surface area contributed by atoms with E-state index in [0.717, 1.165) is 62.6 Å². The minimum absolute atomic E-state index is 0.396. The molecule has 0 amide bonds. The molecule has 1 atom stereocenters. The van der Waals surface area contributed by atoms with Gasteiger partial charge < -0.3 is 14.2 Å². The third kappa shape index (κ3) is 3.51. The molecule has 0 N–H and O–H groups in total. The highest BCUT2D eigenvalue weighted by atomic mass is 16.5. The molecule has 0 aromatic heterocycles. The van der Waals surface area contributed by atoms with Gasteiger partial charge in [-0.3, -0.25) is 4.90 Å². The molecule has 4 rings (SSSR count). The molecule has 0 spiro atoms. The van der Waals surface area contributed by atoms with Gasteiger partial charge in [0.05, 0.1) is 20.8 Å². The van der Waals surface area contributed by atoms with E-state index in [4.69, 9.17) is 14.2 Å². The molecule has 2 aromatic rings. The van der Waals surface area contributed by atoms with Crippen LogP contribution in [0.1, 0.15) is 48.1 Å². The highest BCUT2D eigenvalue weighted by molar-refractivity contribution is 5.51. The van der Waals surface area contributed by atoms with Crippen molar-refractivity contribution in [2.24, 2.45) is 0 Å². The van der Waals surface area contributed by atoms with E-state index in [1.807, 2.05) is 0 Å². The maximum atomic E-state index is 6.06. The van der Waals surface area contributed by atoms with Crippen LogP contribution in [0.5, 0.6) is 17.2 Å². The lowest BCUT2D eigenvalue weighted by molar-refractivity contribution is 0.160. The predicted octanol–water partition coefficient (Wildman–Crippen LogP) is 4.54. The van der Waals surface area contributed by atoms with E-state index >= 15 is 0 Å². The second-order valence-corrected chi connectivity index (χ2v) is 7.48. The molecule has 27 heavy (non-hydrogen) atoms. The Morgan fingerprint density at radius 2 is 1.89 bits per heavy atom. The molecule has 2 aliphatic heterocycles. The highest BCUT2D eigenvalue weighted by Crippen LogP contribution is 2.43. The lowest BCUT2D eigenvalue weighted by atomic mass is 9.84. The summed E-state index contributed by atoms with van der Waals surface area (Å²) in [5, 5.41) is 0. The predicted molar refractivity (Wildman–Crippen MR) is 107 cm³/mol. The van der Waals surface area contributed by atoms with Crippen molar-refractivity contribution < 1.29 is 14.2 Å². The molecule has 0 bridgehead atoms. The molecular formula is C23H29NO3. The van der Waals surface area contributed by atoms with Crippen LogP contribution in [-0.4, -0.2) is 32.3 Å². The van der Waals surface area contributed by atoms with Crippen molar-refractivity contribution in [2.45, 2.75) is 45.2 Å². The van der Waals surface area contributed by atoms with E-state index in [0.29, 0.717) is 6.04 Å². The van der Waals surface area contributed by atoms with Crippen LogP contribution < -0.4 is 14.2 Å². The smallest absolute Gasteiger partial charge is 0.161 e. The first-order valence-corrected chi connectivity index (χ1v) is 9.97. The molecule has 4 heteroatoms. The monoisotopic (exact) mass is 367 g/mol. The summed E-state index contributed by atoms with van der Waals surface area (Å²) < 4.78 is 17.1. The van der Waals surface area contributed by atoms with Gasteiger partial charge in [0.2, 0.25) is 0 Å². The first kappa shape index (κ1) is 18.2. The van der Waals surface area contributed by atoms with E-state index in [9.17, 15) is 0 Å². The van der Waals surface area contributed by atoms with Crippen LogP contribution >= 0.6 is 0 Å². The van der Waals surface area contributed by atoms with Crippen molar-refractivity contribution in [3.8, 4) is 17.2 Å². The summed E-state index contributed by atoms with van der Waals surface area (Å²) in [4.78, 5) is 2.60. The lowest BCUT2D eigenvalue weighted by Crippen LogP contribution is -2.39. The summed E-state index contributed by atoms with van der Waals surface area (Å²) in [6.45, 7) is 5.00. The van der Waals surface area contributed by atoms with Crippen LogP contribution in [0.4, 0.5) is 0 Å². The van der Waals surface area contributed by atoms with Gasteiger partial charge >= 0.3 is 0 Å². The average molecular weight is 367 g/mol. The second kappa shape index (κ2) is 7.81. The Labute approximate surface area is 162 Å². The van der Waals surface area contributed by atoms with Crippen LogP contribution in [0.2, 0.25) is 0 Å². The van der Waals surface area contributed by atoms with Gasteiger partial charge in [-0.25, -0.2) is 0 Å². The van der Waals surface area contributed by atoms with Crippen molar-refractivity contribution in [1.82, 2.24) is 4.90 Å². The van der Waals surface area contributed by atoms with Gasteiger partial charge in [0.15, 0.2) is 11.5 Å². The molecule has 144 valence electrons. The van der Waals surface area contributed by atoms with Crippen LogP contribution in [-0.2, 0) is 19.4 Å². The molecule has 4 nitrogen and oxygen atoms in total. The molecule has 0 radical (unpaired) electrons. The van der Waals surface area contributed by atoms with Crippen molar-refractivity contribution in [3.05, 3.63) is 52.6 Å². The fourth-order valence-corrected chi connectivity index (χ4v) is 4.29. The fourth-order valence-electron chi connectivity index (χ4n) is 4.29. The molecule has 0 unspecified atom stereocenters. The van der Waals surface area contributed by atoms with Crippen molar-refractivity contribution >= 4 is 0 Å². The van der Waals surface area contributed by atoms with Gasteiger partial charge in [-0.15, -0.1) is 0 Å². The quantitative estimate of drug-likeness (QED) is 0.702. The zero-order chi connectivity index (χ0) is 18.8.